The molecule has 0 radical (unpaired) electrons. The van der Waals surface area contributed by atoms with Crippen LogP contribution in [0.15, 0.2) is 42.6 Å². The summed E-state index contributed by atoms with van der Waals surface area (Å²) < 4.78 is 51.3. The minimum absolute atomic E-state index is 0.342. The standard InChI is InChI=1S/C15H15F4N3/c1-9(20)14(21,12-6-7-22-13(16)8-12)10-2-4-11(5-3-10)15(17,18)19/h2-9H,20-21H2,1H3/t9-,14?/m0/s1. The monoisotopic (exact) mass is 313 g/mol. The molecular formula is C15H15F4N3. The molecule has 118 valence electrons. The van der Waals surface area contributed by atoms with Gasteiger partial charge in [-0.3, -0.25) is 0 Å². The number of aromatic nitrogens is 1. The first-order chi connectivity index (χ1) is 10.2. The first kappa shape index (κ1) is 16.4. The highest BCUT2D eigenvalue weighted by Crippen LogP contribution is 2.33. The van der Waals surface area contributed by atoms with Gasteiger partial charge in [0.05, 0.1) is 11.1 Å². The molecule has 2 rings (SSSR count). The molecule has 0 amide bonds. The van der Waals surface area contributed by atoms with Gasteiger partial charge in [-0.2, -0.15) is 17.6 Å². The lowest BCUT2D eigenvalue weighted by atomic mass is 9.79. The summed E-state index contributed by atoms with van der Waals surface area (Å²) in [6.45, 7) is 1.61. The molecule has 0 aliphatic rings. The fraction of sp³-hybridized carbons (Fsp3) is 0.267. The van der Waals surface area contributed by atoms with Crippen LogP contribution in [0.25, 0.3) is 0 Å². The number of benzene rings is 1. The van der Waals surface area contributed by atoms with E-state index in [1.165, 1.54) is 24.4 Å². The molecule has 0 saturated heterocycles. The smallest absolute Gasteiger partial charge is 0.326 e. The molecule has 0 aliphatic carbocycles. The molecule has 4 N–H and O–H groups in total. The molecule has 0 saturated carbocycles. The van der Waals surface area contributed by atoms with Gasteiger partial charge in [0.2, 0.25) is 5.95 Å². The summed E-state index contributed by atoms with van der Waals surface area (Å²) in [6, 6.07) is 6.32. The molecule has 0 fully saturated rings. The summed E-state index contributed by atoms with van der Waals surface area (Å²) >= 11 is 0. The number of nitrogens with two attached hydrogens (primary N) is 2. The Morgan fingerprint density at radius 2 is 1.55 bits per heavy atom. The van der Waals surface area contributed by atoms with E-state index >= 15 is 0 Å². The van der Waals surface area contributed by atoms with Gasteiger partial charge in [-0.1, -0.05) is 12.1 Å². The molecule has 0 aliphatic heterocycles. The predicted molar refractivity (Wildman–Crippen MR) is 74.3 cm³/mol. The van der Waals surface area contributed by atoms with Gasteiger partial charge in [0, 0.05) is 12.2 Å². The Kier molecular flexibility index (Phi) is 4.21. The highest BCUT2D eigenvalue weighted by molar-refractivity contribution is 5.40. The Hall–Kier alpha value is -1.99. The van der Waals surface area contributed by atoms with E-state index in [0.717, 1.165) is 18.2 Å². The van der Waals surface area contributed by atoms with E-state index in [4.69, 9.17) is 11.5 Å². The molecule has 1 aromatic carbocycles. The molecular weight excluding hydrogens is 298 g/mol. The quantitative estimate of drug-likeness (QED) is 0.676. The van der Waals surface area contributed by atoms with Crippen LogP contribution in [0.3, 0.4) is 0 Å². The predicted octanol–water partition coefficient (Wildman–Crippen LogP) is 2.79. The average molecular weight is 313 g/mol. The molecule has 0 spiro atoms. The number of hydrogen-bond acceptors (Lipinski definition) is 3. The van der Waals surface area contributed by atoms with Crippen LogP contribution in [0.4, 0.5) is 17.6 Å². The van der Waals surface area contributed by atoms with Crippen molar-refractivity contribution in [2.45, 2.75) is 24.7 Å². The lowest BCUT2D eigenvalue weighted by Gasteiger charge is -2.34. The zero-order chi connectivity index (χ0) is 16.5. The van der Waals surface area contributed by atoms with Crippen LogP contribution < -0.4 is 11.5 Å². The number of alkyl halides is 3. The van der Waals surface area contributed by atoms with Crippen molar-refractivity contribution in [1.29, 1.82) is 0 Å². The lowest BCUT2D eigenvalue weighted by molar-refractivity contribution is -0.137. The van der Waals surface area contributed by atoms with Gasteiger partial charge in [0.25, 0.3) is 0 Å². The summed E-state index contributed by atoms with van der Waals surface area (Å²) in [5.74, 6) is -0.736. The summed E-state index contributed by atoms with van der Waals surface area (Å²) in [7, 11) is 0. The van der Waals surface area contributed by atoms with Crippen molar-refractivity contribution in [1.82, 2.24) is 4.98 Å². The fourth-order valence-electron chi connectivity index (χ4n) is 2.29. The van der Waals surface area contributed by atoms with E-state index in [0.29, 0.717) is 11.1 Å². The first-order valence-corrected chi connectivity index (χ1v) is 6.50. The molecule has 3 nitrogen and oxygen atoms in total. The highest BCUT2D eigenvalue weighted by atomic mass is 19.4. The van der Waals surface area contributed by atoms with Crippen LogP contribution in [-0.4, -0.2) is 11.0 Å². The van der Waals surface area contributed by atoms with Crippen molar-refractivity contribution < 1.29 is 17.6 Å². The maximum atomic E-state index is 13.3. The van der Waals surface area contributed by atoms with Gasteiger partial charge >= 0.3 is 6.18 Å². The normalized spacial score (nSPS) is 16.1. The van der Waals surface area contributed by atoms with Crippen molar-refractivity contribution in [3.63, 3.8) is 0 Å². The largest absolute Gasteiger partial charge is 0.416 e. The summed E-state index contributed by atoms with van der Waals surface area (Å²) in [6.07, 6.45) is -3.20. The van der Waals surface area contributed by atoms with Crippen LogP contribution in [0.2, 0.25) is 0 Å². The topological polar surface area (TPSA) is 64.9 Å². The van der Waals surface area contributed by atoms with E-state index in [9.17, 15) is 17.6 Å². The van der Waals surface area contributed by atoms with Gasteiger partial charge in [0.15, 0.2) is 0 Å². The maximum absolute atomic E-state index is 13.3. The number of rotatable bonds is 3. The van der Waals surface area contributed by atoms with E-state index < -0.39 is 29.3 Å². The Morgan fingerprint density at radius 1 is 1.00 bits per heavy atom. The molecule has 0 bridgehead atoms. The summed E-state index contributed by atoms with van der Waals surface area (Å²) in [4.78, 5) is 3.44. The van der Waals surface area contributed by atoms with E-state index in [2.05, 4.69) is 4.98 Å². The molecule has 22 heavy (non-hydrogen) atoms. The van der Waals surface area contributed by atoms with Crippen molar-refractivity contribution in [2.75, 3.05) is 0 Å². The minimum atomic E-state index is -4.44. The zero-order valence-electron chi connectivity index (χ0n) is 11.7. The van der Waals surface area contributed by atoms with Crippen LogP contribution in [0, 0.1) is 5.95 Å². The molecule has 2 aromatic rings. The fourth-order valence-corrected chi connectivity index (χ4v) is 2.29. The third kappa shape index (κ3) is 2.95. The third-order valence-electron chi connectivity index (χ3n) is 3.61. The second-order valence-corrected chi connectivity index (χ2v) is 5.10. The molecule has 1 heterocycles. The van der Waals surface area contributed by atoms with Gasteiger partial charge in [0.1, 0.15) is 0 Å². The van der Waals surface area contributed by atoms with E-state index in [-0.39, 0.29) is 0 Å². The molecule has 7 heteroatoms. The van der Waals surface area contributed by atoms with Gasteiger partial charge in [-0.25, -0.2) is 4.98 Å². The summed E-state index contributed by atoms with van der Waals surface area (Å²) in [5, 5.41) is 0. The van der Waals surface area contributed by atoms with E-state index in [1.807, 2.05) is 0 Å². The van der Waals surface area contributed by atoms with Crippen LogP contribution >= 0.6 is 0 Å². The van der Waals surface area contributed by atoms with Crippen molar-refractivity contribution in [3.8, 4) is 0 Å². The average Bonchev–Trinajstić information content (AvgIpc) is 2.45. The second-order valence-electron chi connectivity index (χ2n) is 5.10. The zero-order valence-corrected chi connectivity index (χ0v) is 11.7. The second kappa shape index (κ2) is 5.66. The van der Waals surface area contributed by atoms with Crippen LogP contribution in [0.5, 0.6) is 0 Å². The number of halogens is 4. The van der Waals surface area contributed by atoms with Crippen molar-refractivity contribution in [2.24, 2.45) is 11.5 Å². The maximum Gasteiger partial charge on any atom is 0.416 e. The third-order valence-corrected chi connectivity index (χ3v) is 3.61. The van der Waals surface area contributed by atoms with Gasteiger partial charge in [-0.05, 0) is 42.3 Å². The molecule has 1 aromatic heterocycles. The Labute approximate surface area is 125 Å². The molecule has 2 atom stereocenters. The Morgan fingerprint density at radius 3 is 2.00 bits per heavy atom. The van der Waals surface area contributed by atoms with Crippen molar-refractivity contribution in [3.05, 3.63) is 65.2 Å². The van der Waals surface area contributed by atoms with Crippen molar-refractivity contribution >= 4 is 0 Å². The Balaban J connectivity index is 2.53. The first-order valence-electron chi connectivity index (χ1n) is 6.50. The van der Waals surface area contributed by atoms with Crippen LogP contribution in [-0.2, 0) is 11.7 Å². The Bertz CT molecular complexity index is 653. The van der Waals surface area contributed by atoms with E-state index in [1.54, 1.807) is 6.92 Å². The minimum Gasteiger partial charge on any atom is -0.326 e. The van der Waals surface area contributed by atoms with Gasteiger partial charge in [-0.15, -0.1) is 0 Å². The van der Waals surface area contributed by atoms with Crippen LogP contribution in [0.1, 0.15) is 23.6 Å². The highest BCUT2D eigenvalue weighted by Gasteiger charge is 2.36. The lowest BCUT2D eigenvalue weighted by Crippen LogP contribution is -2.51. The van der Waals surface area contributed by atoms with Gasteiger partial charge < -0.3 is 11.5 Å². The summed E-state index contributed by atoms with van der Waals surface area (Å²) in [5.41, 5.74) is 10.8. The number of nitrogens with zero attached hydrogens (tertiary/aromatic N) is 1. The molecule has 1 unspecified atom stereocenters. The number of pyridine rings is 1. The number of hydrogen-bond donors (Lipinski definition) is 2. The SMILES string of the molecule is C[C@H](N)C(N)(c1ccc(C(F)(F)F)cc1)c1ccnc(F)c1.